The molecule has 1 saturated heterocycles. The lowest BCUT2D eigenvalue weighted by Gasteiger charge is -2.30. The Morgan fingerprint density at radius 3 is 2.60 bits per heavy atom. The van der Waals surface area contributed by atoms with Gasteiger partial charge < -0.3 is 14.8 Å². The maximum atomic E-state index is 13.1. The number of carbonyl (C=O) groups excluding carboxylic acids is 2. The van der Waals surface area contributed by atoms with Gasteiger partial charge in [-0.1, -0.05) is 68.2 Å². The van der Waals surface area contributed by atoms with E-state index in [-0.39, 0.29) is 24.3 Å². The van der Waals surface area contributed by atoms with E-state index in [9.17, 15) is 14.7 Å². The third kappa shape index (κ3) is 5.19. The van der Waals surface area contributed by atoms with Crippen LogP contribution in [-0.4, -0.2) is 44.8 Å². The average molecular weight is 445 g/mol. The molecule has 0 aliphatic carbocycles. The molecule has 158 valence electrons. The van der Waals surface area contributed by atoms with Gasteiger partial charge in [-0.25, -0.2) is 0 Å². The fourth-order valence-electron chi connectivity index (χ4n) is 3.29. The number of hydrogen-bond donors (Lipinski definition) is 2. The van der Waals surface area contributed by atoms with Crippen molar-refractivity contribution >= 4 is 46.2 Å². The van der Waals surface area contributed by atoms with E-state index in [1.807, 2.05) is 44.2 Å². The van der Waals surface area contributed by atoms with Crippen LogP contribution in [0.2, 0.25) is 0 Å². The molecule has 2 heterocycles. The lowest BCUT2D eigenvalue weighted by molar-refractivity contribution is -0.134. The molecule has 2 aromatic rings. The van der Waals surface area contributed by atoms with E-state index in [1.54, 1.807) is 18.2 Å². The molecule has 1 aromatic heterocycles. The zero-order chi connectivity index (χ0) is 21.7. The third-order valence-electron chi connectivity index (χ3n) is 4.71. The Bertz CT molecular complexity index is 926. The summed E-state index contributed by atoms with van der Waals surface area (Å²) in [5, 5.41) is 12.7. The first kappa shape index (κ1) is 22.3. The molecule has 2 atom stereocenters. The first-order valence-corrected chi connectivity index (χ1v) is 10.9. The van der Waals surface area contributed by atoms with Crippen molar-refractivity contribution < 1.29 is 19.1 Å². The number of benzene rings is 1. The summed E-state index contributed by atoms with van der Waals surface area (Å²) in [5.74, 6) is -0.287. The molecule has 0 radical (unpaired) electrons. The van der Waals surface area contributed by atoms with Crippen molar-refractivity contribution in [1.82, 2.24) is 10.2 Å². The predicted molar refractivity (Wildman–Crippen MR) is 122 cm³/mol. The molecule has 0 saturated carbocycles. The summed E-state index contributed by atoms with van der Waals surface area (Å²) >= 11 is 6.57. The molecular weight excluding hydrogens is 420 g/mol. The molecule has 1 aliphatic heterocycles. The number of thiocarbonyl (C=S) groups is 1. The lowest BCUT2D eigenvalue weighted by atomic mass is 10.00. The SMILES string of the molecule is CC(C)[C@@H](C(=O)N[C@H](CO)Cc1ccccc1)N1C(=O)/C(=C/c2ccco2)SC1=S. The molecule has 8 heteroatoms. The highest BCUT2D eigenvalue weighted by Crippen LogP contribution is 2.35. The van der Waals surface area contributed by atoms with Crippen LogP contribution in [0.5, 0.6) is 0 Å². The highest BCUT2D eigenvalue weighted by atomic mass is 32.2. The quantitative estimate of drug-likeness (QED) is 0.481. The number of furan rings is 1. The van der Waals surface area contributed by atoms with Gasteiger partial charge in [-0.3, -0.25) is 14.5 Å². The van der Waals surface area contributed by atoms with Gasteiger partial charge in [-0.2, -0.15) is 0 Å². The monoisotopic (exact) mass is 444 g/mol. The number of aliphatic hydroxyl groups excluding tert-OH is 1. The number of thioether (sulfide) groups is 1. The van der Waals surface area contributed by atoms with Gasteiger partial charge in [-0.15, -0.1) is 0 Å². The van der Waals surface area contributed by atoms with E-state index >= 15 is 0 Å². The highest BCUT2D eigenvalue weighted by molar-refractivity contribution is 8.26. The topological polar surface area (TPSA) is 82.8 Å². The number of amides is 2. The van der Waals surface area contributed by atoms with Crippen LogP contribution in [0, 0.1) is 5.92 Å². The molecule has 2 amide bonds. The minimum absolute atomic E-state index is 0.175. The minimum Gasteiger partial charge on any atom is -0.465 e. The Morgan fingerprint density at radius 1 is 1.27 bits per heavy atom. The Labute approximate surface area is 185 Å². The van der Waals surface area contributed by atoms with Crippen molar-refractivity contribution in [3.8, 4) is 0 Å². The van der Waals surface area contributed by atoms with E-state index in [2.05, 4.69) is 5.32 Å². The number of rotatable bonds is 8. The molecule has 3 rings (SSSR count). The Morgan fingerprint density at radius 2 is 2.00 bits per heavy atom. The summed E-state index contributed by atoms with van der Waals surface area (Å²) in [7, 11) is 0. The van der Waals surface area contributed by atoms with Gasteiger partial charge >= 0.3 is 0 Å². The zero-order valence-corrected chi connectivity index (χ0v) is 18.4. The number of hydrogen-bond acceptors (Lipinski definition) is 6. The van der Waals surface area contributed by atoms with Crippen LogP contribution < -0.4 is 5.32 Å². The summed E-state index contributed by atoms with van der Waals surface area (Å²) in [6, 6.07) is 11.9. The average Bonchev–Trinajstić information content (AvgIpc) is 3.32. The van der Waals surface area contributed by atoms with E-state index < -0.39 is 12.1 Å². The first-order chi connectivity index (χ1) is 14.4. The maximum absolute atomic E-state index is 13.1. The lowest BCUT2D eigenvalue weighted by Crippen LogP contribution is -2.54. The van der Waals surface area contributed by atoms with Crippen LogP contribution in [0.4, 0.5) is 0 Å². The normalized spacial score (nSPS) is 17.6. The Balaban J connectivity index is 1.76. The van der Waals surface area contributed by atoms with E-state index in [4.69, 9.17) is 16.6 Å². The number of nitrogens with one attached hydrogen (secondary N) is 1. The molecule has 1 fully saturated rings. The van der Waals surface area contributed by atoms with Crippen LogP contribution in [0.3, 0.4) is 0 Å². The van der Waals surface area contributed by atoms with Crippen molar-refractivity contribution in [3.05, 3.63) is 65.0 Å². The second-order valence-corrected chi connectivity index (χ2v) is 9.01. The van der Waals surface area contributed by atoms with Crippen LogP contribution in [-0.2, 0) is 16.0 Å². The van der Waals surface area contributed by atoms with Crippen LogP contribution in [0.15, 0.2) is 58.1 Å². The maximum Gasteiger partial charge on any atom is 0.267 e. The van der Waals surface area contributed by atoms with E-state index in [0.717, 1.165) is 17.3 Å². The molecule has 0 spiro atoms. The third-order valence-corrected chi connectivity index (χ3v) is 6.04. The van der Waals surface area contributed by atoms with Gasteiger partial charge in [-0.05, 0) is 30.0 Å². The van der Waals surface area contributed by atoms with Crippen LogP contribution >= 0.6 is 24.0 Å². The van der Waals surface area contributed by atoms with Crippen LogP contribution in [0.25, 0.3) is 6.08 Å². The fourth-order valence-corrected chi connectivity index (χ4v) is 4.60. The fraction of sp³-hybridized carbons (Fsp3) is 0.318. The molecule has 6 nitrogen and oxygen atoms in total. The molecule has 1 aromatic carbocycles. The largest absolute Gasteiger partial charge is 0.465 e. The van der Waals surface area contributed by atoms with Gasteiger partial charge in [0.05, 0.1) is 23.8 Å². The standard InChI is InChI=1S/C22H24N2O4S2/c1-14(2)19(20(26)23-16(13-25)11-15-7-4-3-5-8-15)24-21(27)18(30-22(24)29)12-17-9-6-10-28-17/h3-10,12,14,16,19,25H,11,13H2,1-2H3,(H,23,26)/b18-12-/t16-,19-/m0/s1. The summed E-state index contributed by atoms with van der Waals surface area (Å²) < 4.78 is 5.61. The molecule has 0 unspecified atom stereocenters. The molecular formula is C22H24N2O4S2. The van der Waals surface area contributed by atoms with Gasteiger partial charge in [0.15, 0.2) is 0 Å². The van der Waals surface area contributed by atoms with Crippen molar-refractivity contribution in [2.24, 2.45) is 5.92 Å². The predicted octanol–water partition coefficient (Wildman–Crippen LogP) is 3.23. The Kier molecular flexibility index (Phi) is 7.47. The van der Waals surface area contributed by atoms with Gasteiger partial charge in [0, 0.05) is 6.08 Å². The number of carbonyl (C=O) groups is 2. The summed E-state index contributed by atoms with van der Waals surface area (Å²) in [5.41, 5.74) is 1.00. The van der Waals surface area contributed by atoms with Crippen molar-refractivity contribution in [2.45, 2.75) is 32.4 Å². The smallest absolute Gasteiger partial charge is 0.267 e. The second-order valence-electron chi connectivity index (χ2n) is 7.33. The van der Waals surface area contributed by atoms with Gasteiger partial charge in [0.25, 0.3) is 5.91 Å². The van der Waals surface area contributed by atoms with Crippen LogP contribution in [0.1, 0.15) is 25.2 Å². The molecule has 0 bridgehead atoms. The first-order valence-electron chi connectivity index (χ1n) is 9.66. The Hall–Kier alpha value is -2.42. The molecule has 1 aliphatic rings. The second kappa shape index (κ2) is 10.1. The van der Waals surface area contributed by atoms with Crippen molar-refractivity contribution in [3.63, 3.8) is 0 Å². The summed E-state index contributed by atoms with van der Waals surface area (Å²) in [4.78, 5) is 27.9. The number of nitrogens with zero attached hydrogens (tertiary/aromatic N) is 1. The summed E-state index contributed by atoms with van der Waals surface area (Å²) in [6.07, 6.45) is 3.64. The summed E-state index contributed by atoms with van der Waals surface area (Å²) in [6.45, 7) is 3.52. The molecule has 30 heavy (non-hydrogen) atoms. The van der Waals surface area contributed by atoms with E-state index in [1.165, 1.54) is 11.2 Å². The minimum atomic E-state index is -0.773. The van der Waals surface area contributed by atoms with Gasteiger partial charge in [0.2, 0.25) is 5.91 Å². The zero-order valence-electron chi connectivity index (χ0n) is 16.8. The van der Waals surface area contributed by atoms with Crippen molar-refractivity contribution in [2.75, 3.05) is 6.61 Å². The van der Waals surface area contributed by atoms with E-state index in [0.29, 0.717) is 21.4 Å². The molecule has 2 N–H and O–H groups in total. The van der Waals surface area contributed by atoms with Gasteiger partial charge in [0.1, 0.15) is 16.1 Å². The number of aliphatic hydroxyl groups is 1. The van der Waals surface area contributed by atoms with Crippen molar-refractivity contribution in [1.29, 1.82) is 0 Å². The highest BCUT2D eigenvalue weighted by Gasteiger charge is 2.42.